The SMILES string of the molecule is N[C@@H]1c2ccccc2C2(CCN(c3nc(-c4ccccc4)no3)CC2)[C@H]1O. The number of nitrogens with zero attached hydrogens (tertiary/aromatic N) is 3. The molecule has 6 nitrogen and oxygen atoms in total. The van der Waals surface area contributed by atoms with E-state index in [0.29, 0.717) is 11.8 Å². The first-order chi connectivity index (χ1) is 13.2. The van der Waals surface area contributed by atoms with Crippen LogP contribution in [-0.4, -0.2) is 34.4 Å². The second kappa shape index (κ2) is 6.18. The van der Waals surface area contributed by atoms with Crippen LogP contribution in [0.4, 0.5) is 6.01 Å². The minimum absolute atomic E-state index is 0.283. The van der Waals surface area contributed by atoms with Crippen molar-refractivity contribution >= 4 is 6.01 Å². The third kappa shape index (κ3) is 2.48. The van der Waals surface area contributed by atoms with Crippen molar-refractivity contribution in [2.75, 3.05) is 18.0 Å². The van der Waals surface area contributed by atoms with E-state index in [9.17, 15) is 5.11 Å². The number of nitrogens with two attached hydrogens (primary N) is 1. The summed E-state index contributed by atoms with van der Waals surface area (Å²) in [5.74, 6) is 0.596. The van der Waals surface area contributed by atoms with Crippen LogP contribution in [0.25, 0.3) is 11.4 Å². The Kier molecular flexibility index (Phi) is 3.77. The Bertz CT molecular complexity index is 948. The lowest BCUT2D eigenvalue weighted by Gasteiger charge is -2.41. The van der Waals surface area contributed by atoms with Crippen LogP contribution in [-0.2, 0) is 5.41 Å². The highest BCUT2D eigenvalue weighted by atomic mass is 16.5. The molecule has 5 rings (SSSR count). The van der Waals surface area contributed by atoms with Gasteiger partial charge >= 0.3 is 6.01 Å². The molecule has 1 aliphatic carbocycles. The normalized spacial score (nSPS) is 23.6. The van der Waals surface area contributed by atoms with Crippen molar-refractivity contribution < 1.29 is 9.63 Å². The highest BCUT2D eigenvalue weighted by Gasteiger charge is 2.51. The van der Waals surface area contributed by atoms with Gasteiger partial charge in [-0.3, -0.25) is 0 Å². The number of hydrogen-bond donors (Lipinski definition) is 2. The quantitative estimate of drug-likeness (QED) is 0.729. The van der Waals surface area contributed by atoms with Crippen LogP contribution in [0.2, 0.25) is 0 Å². The molecule has 2 heterocycles. The zero-order chi connectivity index (χ0) is 18.4. The predicted molar refractivity (Wildman–Crippen MR) is 102 cm³/mol. The summed E-state index contributed by atoms with van der Waals surface area (Å²) in [6.45, 7) is 1.49. The molecule has 0 unspecified atom stereocenters. The average Bonchev–Trinajstić information content (AvgIpc) is 3.30. The Morgan fingerprint density at radius 1 is 1.04 bits per heavy atom. The Morgan fingerprint density at radius 2 is 1.74 bits per heavy atom. The highest BCUT2D eigenvalue weighted by molar-refractivity contribution is 5.55. The molecule has 1 fully saturated rings. The van der Waals surface area contributed by atoms with Gasteiger partial charge in [-0.15, -0.1) is 0 Å². The number of fused-ring (bicyclic) bond motifs is 2. The van der Waals surface area contributed by atoms with Crippen molar-refractivity contribution in [3.8, 4) is 11.4 Å². The molecule has 1 aliphatic heterocycles. The fourth-order valence-electron chi connectivity index (χ4n) is 4.62. The molecular weight excluding hydrogens is 340 g/mol. The molecule has 0 bridgehead atoms. The zero-order valence-corrected chi connectivity index (χ0v) is 15.0. The Hall–Kier alpha value is -2.70. The topological polar surface area (TPSA) is 88.4 Å². The monoisotopic (exact) mass is 362 g/mol. The van der Waals surface area contributed by atoms with Crippen molar-refractivity contribution in [1.29, 1.82) is 0 Å². The molecule has 3 aromatic rings. The van der Waals surface area contributed by atoms with E-state index < -0.39 is 6.10 Å². The largest absolute Gasteiger partial charge is 0.390 e. The Balaban J connectivity index is 1.38. The summed E-state index contributed by atoms with van der Waals surface area (Å²) >= 11 is 0. The van der Waals surface area contributed by atoms with Gasteiger partial charge in [0.05, 0.1) is 12.1 Å². The second-order valence-corrected chi connectivity index (χ2v) is 7.47. The van der Waals surface area contributed by atoms with Crippen molar-refractivity contribution in [1.82, 2.24) is 10.1 Å². The number of anilines is 1. The molecule has 138 valence electrons. The summed E-state index contributed by atoms with van der Waals surface area (Å²) in [4.78, 5) is 6.66. The van der Waals surface area contributed by atoms with Crippen LogP contribution in [0.5, 0.6) is 0 Å². The first-order valence-electron chi connectivity index (χ1n) is 9.36. The number of aliphatic hydroxyl groups is 1. The van der Waals surface area contributed by atoms with Crippen molar-refractivity contribution in [3.63, 3.8) is 0 Å². The highest BCUT2D eigenvalue weighted by Crippen LogP contribution is 2.50. The molecule has 27 heavy (non-hydrogen) atoms. The Morgan fingerprint density at radius 3 is 2.52 bits per heavy atom. The van der Waals surface area contributed by atoms with E-state index in [4.69, 9.17) is 10.3 Å². The zero-order valence-electron chi connectivity index (χ0n) is 15.0. The van der Waals surface area contributed by atoms with Crippen LogP contribution in [0.15, 0.2) is 59.1 Å². The Labute approximate surface area is 157 Å². The van der Waals surface area contributed by atoms with Gasteiger partial charge in [-0.25, -0.2) is 0 Å². The van der Waals surface area contributed by atoms with Crippen LogP contribution in [0, 0.1) is 0 Å². The molecule has 1 aromatic heterocycles. The van der Waals surface area contributed by atoms with Crippen LogP contribution in [0.3, 0.4) is 0 Å². The van der Waals surface area contributed by atoms with Gasteiger partial charge in [-0.05, 0) is 24.0 Å². The molecule has 1 spiro atoms. The predicted octanol–water partition coefficient (Wildman–Crippen LogP) is 2.65. The molecule has 3 N–H and O–H groups in total. The van der Waals surface area contributed by atoms with Gasteiger partial charge in [0.2, 0.25) is 5.82 Å². The molecule has 2 aliphatic rings. The van der Waals surface area contributed by atoms with E-state index in [1.54, 1.807) is 0 Å². The minimum atomic E-state index is -0.556. The maximum Gasteiger partial charge on any atom is 0.324 e. The number of rotatable bonds is 2. The summed E-state index contributed by atoms with van der Waals surface area (Å²) in [7, 11) is 0. The van der Waals surface area contributed by atoms with Gasteiger partial charge < -0.3 is 20.3 Å². The molecule has 2 aromatic carbocycles. The number of aliphatic hydroxyl groups excluding tert-OH is 1. The van der Waals surface area contributed by atoms with Crippen LogP contribution < -0.4 is 10.6 Å². The number of benzene rings is 2. The van der Waals surface area contributed by atoms with E-state index in [-0.39, 0.29) is 11.5 Å². The lowest BCUT2D eigenvalue weighted by Crippen LogP contribution is -2.49. The second-order valence-electron chi connectivity index (χ2n) is 7.47. The van der Waals surface area contributed by atoms with Crippen LogP contribution >= 0.6 is 0 Å². The smallest absolute Gasteiger partial charge is 0.324 e. The average molecular weight is 362 g/mol. The molecule has 0 saturated carbocycles. The number of piperidine rings is 1. The summed E-state index contributed by atoms with van der Waals surface area (Å²) in [5.41, 5.74) is 9.23. The van der Waals surface area contributed by atoms with E-state index in [2.05, 4.69) is 21.1 Å². The fourth-order valence-corrected chi connectivity index (χ4v) is 4.62. The molecule has 0 radical (unpaired) electrons. The summed E-state index contributed by atoms with van der Waals surface area (Å²) in [5, 5.41) is 15.0. The van der Waals surface area contributed by atoms with Crippen molar-refractivity contribution in [2.24, 2.45) is 5.73 Å². The first-order valence-corrected chi connectivity index (χ1v) is 9.36. The van der Waals surface area contributed by atoms with E-state index >= 15 is 0 Å². The molecule has 2 atom stereocenters. The molecule has 6 heteroatoms. The maximum atomic E-state index is 10.9. The lowest BCUT2D eigenvalue weighted by atomic mass is 9.72. The maximum absolute atomic E-state index is 10.9. The third-order valence-corrected chi connectivity index (χ3v) is 6.14. The fraction of sp³-hybridized carbons (Fsp3) is 0.333. The minimum Gasteiger partial charge on any atom is -0.390 e. The number of aromatic nitrogens is 2. The standard InChI is InChI=1S/C21H22N4O2/c22-17-15-8-4-5-9-16(15)21(18(17)26)10-12-25(13-11-21)20-23-19(24-27-20)14-6-2-1-3-7-14/h1-9,17-18,26H,10-13,22H2/t17-,18+/m1/s1. The van der Waals surface area contributed by atoms with E-state index in [0.717, 1.165) is 37.1 Å². The van der Waals surface area contributed by atoms with Crippen molar-refractivity contribution in [3.05, 3.63) is 65.7 Å². The number of hydrogen-bond acceptors (Lipinski definition) is 6. The summed E-state index contributed by atoms with van der Waals surface area (Å²) < 4.78 is 5.50. The van der Waals surface area contributed by atoms with Gasteiger partial charge in [-0.2, -0.15) is 4.98 Å². The molecule has 0 amide bonds. The van der Waals surface area contributed by atoms with E-state index in [1.165, 1.54) is 5.56 Å². The van der Waals surface area contributed by atoms with Crippen molar-refractivity contribution in [2.45, 2.75) is 30.4 Å². The van der Waals surface area contributed by atoms with Gasteiger partial charge in [0.1, 0.15) is 0 Å². The lowest BCUT2D eigenvalue weighted by molar-refractivity contribution is 0.0576. The van der Waals surface area contributed by atoms with Gasteiger partial charge in [0.25, 0.3) is 0 Å². The molecular formula is C21H22N4O2. The van der Waals surface area contributed by atoms with Gasteiger partial charge in [-0.1, -0.05) is 59.8 Å². The molecule has 1 saturated heterocycles. The van der Waals surface area contributed by atoms with Gasteiger partial charge in [0, 0.05) is 24.1 Å². The first kappa shape index (κ1) is 16.5. The summed E-state index contributed by atoms with van der Waals surface area (Å²) in [6, 6.07) is 18.2. The van der Waals surface area contributed by atoms with E-state index in [1.807, 2.05) is 48.5 Å². The van der Waals surface area contributed by atoms with Crippen LogP contribution in [0.1, 0.15) is 30.0 Å². The third-order valence-electron chi connectivity index (χ3n) is 6.14. The summed E-state index contributed by atoms with van der Waals surface area (Å²) in [6.07, 6.45) is 1.06. The van der Waals surface area contributed by atoms with Gasteiger partial charge in [0.15, 0.2) is 0 Å².